The second-order valence-corrected chi connectivity index (χ2v) is 6.51. The molecule has 1 fully saturated rings. The number of likely N-dealkylation sites (tertiary alicyclic amines) is 1. The zero-order valence-electron chi connectivity index (χ0n) is 14.8. The second-order valence-electron chi connectivity index (χ2n) is 6.51. The number of amides is 2. The van der Waals surface area contributed by atoms with Crippen LogP contribution in [0.4, 0.5) is 13.2 Å². The molecule has 1 aromatic rings. The second kappa shape index (κ2) is 8.88. The fourth-order valence-corrected chi connectivity index (χ4v) is 2.77. The van der Waals surface area contributed by atoms with Crippen LogP contribution in [0.25, 0.3) is 0 Å². The summed E-state index contributed by atoms with van der Waals surface area (Å²) in [6, 6.07) is 3.60. The lowest BCUT2D eigenvalue weighted by Gasteiger charge is -2.30. The average molecular weight is 386 g/mol. The van der Waals surface area contributed by atoms with Gasteiger partial charge in [0.05, 0.1) is 5.56 Å². The van der Waals surface area contributed by atoms with Crippen LogP contribution < -0.4 is 5.32 Å². The predicted octanol–water partition coefficient (Wildman–Crippen LogP) is 2.24. The maximum absolute atomic E-state index is 12.5. The van der Waals surface area contributed by atoms with E-state index in [2.05, 4.69) is 5.32 Å². The summed E-state index contributed by atoms with van der Waals surface area (Å²) in [7, 11) is 0. The van der Waals surface area contributed by atoms with Gasteiger partial charge < -0.3 is 15.0 Å². The molecule has 1 aliphatic heterocycles. The Balaban J connectivity index is 1.74. The quantitative estimate of drug-likeness (QED) is 0.788. The zero-order chi connectivity index (χ0) is 20.0. The van der Waals surface area contributed by atoms with Crippen LogP contribution in [0, 0.1) is 5.92 Å². The minimum absolute atomic E-state index is 0.0193. The van der Waals surface area contributed by atoms with Crippen molar-refractivity contribution < 1.29 is 32.3 Å². The van der Waals surface area contributed by atoms with Crippen molar-refractivity contribution in [3.05, 3.63) is 35.4 Å². The third-order valence-corrected chi connectivity index (χ3v) is 4.23. The number of alkyl halides is 3. The van der Waals surface area contributed by atoms with Gasteiger partial charge in [-0.25, -0.2) is 0 Å². The number of hydrogen-bond donors (Lipinski definition) is 1. The number of piperidine rings is 1. The van der Waals surface area contributed by atoms with E-state index in [0.717, 1.165) is 37.1 Å². The van der Waals surface area contributed by atoms with Crippen molar-refractivity contribution in [2.24, 2.45) is 5.92 Å². The largest absolute Gasteiger partial charge is 0.454 e. The van der Waals surface area contributed by atoms with Gasteiger partial charge in [0.1, 0.15) is 6.54 Å². The standard InChI is InChI=1S/C18H21F3N2O4/c1-12-3-2-8-23(10-12)15(24)11-27-16(25)9-22-17(26)13-4-6-14(7-5-13)18(19,20)21/h4-7,12H,2-3,8-11H2,1H3,(H,22,26)/t12-/m1/s1. The number of benzene rings is 1. The normalized spacial score (nSPS) is 17.3. The van der Waals surface area contributed by atoms with Gasteiger partial charge in [-0.1, -0.05) is 6.92 Å². The molecule has 0 aromatic heterocycles. The summed E-state index contributed by atoms with van der Waals surface area (Å²) >= 11 is 0. The Morgan fingerprint density at radius 3 is 2.48 bits per heavy atom. The lowest BCUT2D eigenvalue weighted by Crippen LogP contribution is -2.42. The molecule has 1 atom stereocenters. The van der Waals surface area contributed by atoms with Gasteiger partial charge in [0.25, 0.3) is 11.8 Å². The third-order valence-electron chi connectivity index (χ3n) is 4.23. The molecule has 2 rings (SSSR count). The molecule has 1 N–H and O–H groups in total. The number of nitrogens with one attached hydrogen (secondary N) is 1. The summed E-state index contributed by atoms with van der Waals surface area (Å²) in [5, 5.41) is 2.25. The summed E-state index contributed by atoms with van der Waals surface area (Å²) in [4.78, 5) is 37.1. The van der Waals surface area contributed by atoms with Crippen molar-refractivity contribution in [1.29, 1.82) is 0 Å². The van der Waals surface area contributed by atoms with Crippen LogP contribution in [0.1, 0.15) is 35.7 Å². The van der Waals surface area contributed by atoms with Crippen LogP contribution in [0.3, 0.4) is 0 Å². The van der Waals surface area contributed by atoms with Crippen LogP contribution in [0.2, 0.25) is 0 Å². The van der Waals surface area contributed by atoms with Crippen molar-refractivity contribution in [3.63, 3.8) is 0 Å². The molecule has 1 heterocycles. The van der Waals surface area contributed by atoms with E-state index in [1.807, 2.05) is 6.92 Å². The number of carbonyl (C=O) groups is 3. The van der Waals surface area contributed by atoms with Gasteiger partial charge in [-0.3, -0.25) is 14.4 Å². The Labute approximate surface area is 154 Å². The number of hydrogen-bond acceptors (Lipinski definition) is 4. The van der Waals surface area contributed by atoms with Gasteiger partial charge >= 0.3 is 12.1 Å². The molecule has 9 heteroatoms. The first kappa shape index (κ1) is 20.7. The molecule has 6 nitrogen and oxygen atoms in total. The predicted molar refractivity (Wildman–Crippen MR) is 89.7 cm³/mol. The molecule has 1 aliphatic rings. The lowest BCUT2D eigenvalue weighted by atomic mass is 10.0. The monoisotopic (exact) mass is 386 g/mol. The van der Waals surface area contributed by atoms with Crippen LogP contribution in [0.15, 0.2) is 24.3 Å². The smallest absolute Gasteiger partial charge is 0.416 e. The number of halogens is 3. The molecular weight excluding hydrogens is 365 g/mol. The number of esters is 1. The molecule has 0 spiro atoms. The minimum atomic E-state index is -4.49. The minimum Gasteiger partial charge on any atom is -0.454 e. The van der Waals surface area contributed by atoms with Gasteiger partial charge in [-0.15, -0.1) is 0 Å². The molecule has 0 bridgehead atoms. The summed E-state index contributed by atoms with van der Waals surface area (Å²) in [6.07, 6.45) is -2.53. The summed E-state index contributed by atoms with van der Waals surface area (Å²) in [6.45, 7) is 2.42. The fourth-order valence-electron chi connectivity index (χ4n) is 2.77. The maximum Gasteiger partial charge on any atom is 0.416 e. The van der Waals surface area contributed by atoms with Gasteiger partial charge in [0.15, 0.2) is 6.61 Å². The molecule has 0 aliphatic carbocycles. The average Bonchev–Trinajstić information content (AvgIpc) is 2.63. The van der Waals surface area contributed by atoms with Crippen molar-refractivity contribution >= 4 is 17.8 Å². The maximum atomic E-state index is 12.5. The number of nitrogens with zero attached hydrogens (tertiary/aromatic N) is 1. The number of rotatable bonds is 5. The Morgan fingerprint density at radius 1 is 1.22 bits per heavy atom. The first-order valence-corrected chi connectivity index (χ1v) is 8.55. The van der Waals surface area contributed by atoms with Crippen molar-refractivity contribution in [2.45, 2.75) is 25.9 Å². The fraction of sp³-hybridized carbons (Fsp3) is 0.500. The molecule has 148 valence electrons. The highest BCUT2D eigenvalue weighted by Crippen LogP contribution is 2.29. The van der Waals surface area contributed by atoms with Gasteiger partial charge in [0.2, 0.25) is 0 Å². The molecule has 0 saturated carbocycles. The molecule has 2 amide bonds. The Hall–Kier alpha value is -2.58. The molecule has 27 heavy (non-hydrogen) atoms. The Bertz CT molecular complexity index is 689. The van der Waals surface area contributed by atoms with Crippen molar-refractivity contribution in [1.82, 2.24) is 10.2 Å². The van der Waals surface area contributed by atoms with Crippen LogP contribution in [-0.4, -0.2) is 48.9 Å². The first-order valence-electron chi connectivity index (χ1n) is 8.55. The van der Waals surface area contributed by atoms with E-state index < -0.39 is 36.8 Å². The first-order chi connectivity index (χ1) is 12.7. The van der Waals surface area contributed by atoms with Crippen LogP contribution in [-0.2, 0) is 20.5 Å². The van der Waals surface area contributed by atoms with Crippen LogP contribution >= 0.6 is 0 Å². The zero-order valence-corrected chi connectivity index (χ0v) is 14.8. The molecule has 0 unspecified atom stereocenters. The van der Waals surface area contributed by atoms with E-state index in [-0.39, 0.29) is 11.5 Å². The van der Waals surface area contributed by atoms with E-state index in [0.29, 0.717) is 19.0 Å². The third kappa shape index (κ3) is 6.26. The van der Waals surface area contributed by atoms with E-state index in [1.54, 1.807) is 4.90 Å². The Morgan fingerprint density at radius 2 is 1.89 bits per heavy atom. The van der Waals surface area contributed by atoms with Crippen molar-refractivity contribution in [2.75, 3.05) is 26.2 Å². The van der Waals surface area contributed by atoms with E-state index >= 15 is 0 Å². The molecule has 1 aromatic carbocycles. The number of ether oxygens (including phenoxy) is 1. The SMILES string of the molecule is C[C@@H]1CCCN(C(=O)COC(=O)CNC(=O)c2ccc(C(F)(F)F)cc2)C1. The van der Waals surface area contributed by atoms with Gasteiger partial charge in [-0.05, 0) is 43.0 Å². The highest BCUT2D eigenvalue weighted by molar-refractivity contribution is 5.96. The molecular formula is C18H21F3N2O4. The van der Waals surface area contributed by atoms with Gasteiger partial charge in [0, 0.05) is 18.7 Å². The van der Waals surface area contributed by atoms with E-state index in [4.69, 9.17) is 4.74 Å². The Kier molecular flexibility index (Phi) is 6.81. The summed E-state index contributed by atoms with van der Waals surface area (Å²) in [5.41, 5.74) is -0.891. The molecule has 1 saturated heterocycles. The van der Waals surface area contributed by atoms with Gasteiger partial charge in [-0.2, -0.15) is 13.2 Å². The van der Waals surface area contributed by atoms with E-state index in [9.17, 15) is 27.6 Å². The summed E-state index contributed by atoms with van der Waals surface area (Å²) < 4.78 is 42.3. The van der Waals surface area contributed by atoms with E-state index in [1.165, 1.54) is 0 Å². The highest BCUT2D eigenvalue weighted by atomic mass is 19.4. The number of carbonyl (C=O) groups excluding carboxylic acids is 3. The molecule has 0 radical (unpaired) electrons. The van der Waals surface area contributed by atoms with Crippen molar-refractivity contribution in [3.8, 4) is 0 Å². The lowest BCUT2D eigenvalue weighted by molar-refractivity contribution is -0.151. The van der Waals surface area contributed by atoms with Crippen LogP contribution in [0.5, 0.6) is 0 Å². The summed E-state index contributed by atoms with van der Waals surface area (Å²) in [5.74, 6) is -1.39. The highest BCUT2D eigenvalue weighted by Gasteiger charge is 2.30. The topological polar surface area (TPSA) is 75.7 Å².